The van der Waals surface area contributed by atoms with Crippen LogP contribution in [0.1, 0.15) is 27.7 Å². The van der Waals surface area contributed by atoms with E-state index in [-0.39, 0.29) is 11.7 Å². The predicted molar refractivity (Wildman–Crippen MR) is 97.9 cm³/mol. The summed E-state index contributed by atoms with van der Waals surface area (Å²) in [5, 5.41) is 4.02. The molecule has 0 radical (unpaired) electrons. The van der Waals surface area contributed by atoms with E-state index < -0.39 is 5.92 Å². The van der Waals surface area contributed by atoms with Gasteiger partial charge in [-0.1, -0.05) is 16.8 Å². The summed E-state index contributed by atoms with van der Waals surface area (Å²) in [6.45, 7) is 1.95. The molecule has 1 unspecified atom stereocenters. The lowest BCUT2D eigenvalue weighted by Crippen LogP contribution is -2.18. The number of rotatable bonds is 3. The van der Waals surface area contributed by atoms with Crippen LogP contribution in [0.2, 0.25) is 0 Å². The normalized spacial score (nSPS) is 16.1. The Labute approximate surface area is 149 Å². The maximum Gasteiger partial charge on any atom is 0.243 e. The summed E-state index contributed by atoms with van der Waals surface area (Å²) in [7, 11) is 0. The summed E-state index contributed by atoms with van der Waals surface area (Å²) in [5.41, 5.74) is 3.14. The number of hydrogen-bond acceptors (Lipinski definition) is 6. The smallest absolute Gasteiger partial charge is 0.243 e. The lowest BCUT2D eigenvalue weighted by atomic mass is 9.93. The van der Waals surface area contributed by atoms with Crippen LogP contribution < -0.4 is 0 Å². The van der Waals surface area contributed by atoms with Gasteiger partial charge in [0.25, 0.3) is 0 Å². The van der Waals surface area contributed by atoms with Crippen molar-refractivity contribution < 1.29 is 9.32 Å². The van der Waals surface area contributed by atoms with Crippen LogP contribution in [0.4, 0.5) is 5.69 Å². The summed E-state index contributed by atoms with van der Waals surface area (Å²) in [4.78, 5) is 22.7. The van der Waals surface area contributed by atoms with Crippen molar-refractivity contribution >= 4 is 29.4 Å². The van der Waals surface area contributed by atoms with Gasteiger partial charge in [-0.25, -0.2) is 0 Å². The van der Waals surface area contributed by atoms with E-state index in [9.17, 15) is 4.79 Å². The van der Waals surface area contributed by atoms with Gasteiger partial charge in [0.2, 0.25) is 11.7 Å². The Bertz CT molecular complexity index is 977. The van der Waals surface area contributed by atoms with Crippen LogP contribution in [0.25, 0.3) is 11.4 Å². The van der Waals surface area contributed by atoms with Crippen molar-refractivity contribution in [2.45, 2.75) is 17.7 Å². The highest BCUT2D eigenvalue weighted by atomic mass is 32.2. The fourth-order valence-corrected chi connectivity index (χ4v) is 3.15. The maximum atomic E-state index is 12.8. The second-order valence-electron chi connectivity index (χ2n) is 5.83. The van der Waals surface area contributed by atoms with E-state index in [1.807, 2.05) is 55.6 Å². The summed E-state index contributed by atoms with van der Waals surface area (Å²) in [6.07, 6.45) is 3.60. The molecule has 1 aromatic heterocycles. The first-order valence-corrected chi connectivity index (χ1v) is 9.05. The lowest BCUT2D eigenvalue weighted by molar-refractivity contribution is 0.0971. The van der Waals surface area contributed by atoms with Crippen molar-refractivity contribution in [3.05, 3.63) is 59.5 Å². The van der Waals surface area contributed by atoms with E-state index in [4.69, 9.17) is 4.52 Å². The summed E-state index contributed by atoms with van der Waals surface area (Å²) in [6, 6.07) is 13.5. The van der Waals surface area contributed by atoms with Gasteiger partial charge >= 0.3 is 0 Å². The van der Waals surface area contributed by atoms with Gasteiger partial charge in [-0.05, 0) is 49.6 Å². The van der Waals surface area contributed by atoms with Gasteiger partial charge in [0.1, 0.15) is 5.92 Å². The Morgan fingerprint density at radius 2 is 1.92 bits per heavy atom. The van der Waals surface area contributed by atoms with Crippen LogP contribution >= 0.6 is 11.8 Å². The van der Waals surface area contributed by atoms with Gasteiger partial charge in [0.05, 0.1) is 5.69 Å². The minimum atomic E-state index is -0.638. The largest absolute Gasteiger partial charge is 0.338 e. The molecule has 0 bridgehead atoms. The molecule has 0 saturated carbocycles. The zero-order valence-electron chi connectivity index (χ0n) is 13.8. The molecule has 0 N–H and O–H groups in total. The number of nitrogens with zero attached hydrogens (tertiary/aromatic N) is 3. The molecule has 6 heteroatoms. The average Bonchev–Trinajstić information content (AvgIpc) is 3.12. The standard InChI is InChI=1S/C19H15N3O2S/c1-11-3-8-16-14(9-11)17(23)15(10-20-16)19-21-18(22-24-19)12-4-6-13(25-2)7-5-12/h3-10,15H,1-2H3. The SMILES string of the molecule is CSc1ccc(-c2noc(C3C=Nc4ccc(C)cc4C3=O)n2)cc1. The number of thioether (sulfide) groups is 1. The van der Waals surface area contributed by atoms with Crippen LogP contribution in [-0.2, 0) is 0 Å². The van der Waals surface area contributed by atoms with Gasteiger partial charge < -0.3 is 4.52 Å². The number of benzene rings is 2. The fraction of sp³-hybridized carbons (Fsp3) is 0.158. The molecule has 0 aliphatic carbocycles. The molecular weight excluding hydrogens is 334 g/mol. The molecule has 0 amide bonds. The first-order chi connectivity index (χ1) is 12.2. The molecule has 124 valence electrons. The average molecular weight is 349 g/mol. The first kappa shape index (κ1) is 15.8. The van der Waals surface area contributed by atoms with Crippen molar-refractivity contribution in [3.8, 4) is 11.4 Å². The molecule has 1 aliphatic rings. The van der Waals surface area contributed by atoms with Gasteiger partial charge in [0.15, 0.2) is 5.78 Å². The number of hydrogen-bond donors (Lipinski definition) is 0. The number of aryl methyl sites for hydroxylation is 1. The third kappa shape index (κ3) is 2.89. The first-order valence-electron chi connectivity index (χ1n) is 7.83. The van der Waals surface area contributed by atoms with Crippen LogP contribution in [0, 0.1) is 6.92 Å². The summed E-state index contributed by atoms with van der Waals surface area (Å²) >= 11 is 1.67. The van der Waals surface area contributed by atoms with Gasteiger partial charge in [-0.15, -0.1) is 11.8 Å². The van der Waals surface area contributed by atoms with E-state index in [1.165, 1.54) is 0 Å². The second kappa shape index (κ2) is 6.29. The van der Waals surface area contributed by atoms with Crippen LogP contribution in [0.5, 0.6) is 0 Å². The molecule has 5 nitrogen and oxygen atoms in total. The van der Waals surface area contributed by atoms with Gasteiger partial charge in [-0.3, -0.25) is 9.79 Å². The predicted octanol–water partition coefficient (Wildman–Crippen LogP) is 4.45. The summed E-state index contributed by atoms with van der Waals surface area (Å²) in [5.74, 6) is 0.0337. The lowest BCUT2D eigenvalue weighted by Gasteiger charge is -2.14. The van der Waals surface area contributed by atoms with E-state index in [0.717, 1.165) is 16.0 Å². The van der Waals surface area contributed by atoms with Gasteiger partial charge in [-0.2, -0.15) is 4.98 Å². The highest BCUT2D eigenvalue weighted by molar-refractivity contribution is 7.98. The second-order valence-corrected chi connectivity index (χ2v) is 6.71. The monoisotopic (exact) mass is 349 g/mol. The molecule has 4 rings (SSSR count). The maximum absolute atomic E-state index is 12.8. The molecule has 2 aromatic carbocycles. The van der Waals surface area contributed by atoms with Crippen LogP contribution in [-0.4, -0.2) is 28.4 Å². The number of Topliss-reactive ketones (excluding diaryl/α,β-unsaturated/α-hetero) is 1. The number of aliphatic imine (C=N–C) groups is 1. The molecular formula is C19H15N3O2S. The molecule has 2 heterocycles. The fourth-order valence-electron chi connectivity index (χ4n) is 2.74. The molecule has 0 spiro atoms. The van der Waals surface area contributed by atoms with Crippen molar-refractivity contribution in [3.63, 3.8) is 0 Å². The van der Waals surface area contributed by atoms with E-state index in [1.54, 1.807) is 18.0 Å². The van der Waals surface area contributed by atoms with Crippen LogP contribution in [0.15, 0.2) is 56.9 Å². The Kier molecular flexibility index (Phi) is 3.97. The third-order valence-corrected chi connectivity index (χ3v) is 4.86. The molecule has 25 heavy (non-hydrogen) atoms. The summed E-state index contributed by atoms with van der Waals surface area (Å²) < 4.78 is 5.35. The van der Waals surface area contributed by atoms with Gasteiger partial charge in [0, 0.05) is 22.2 Å². The van der Waals surface area contributed by atoms with E-state index >= 15 is 0 Å². The van der Waals surface area contributed by atoms with E-state index in [2.05, 4.69) is 15.1 Å². The topological polar surface area (TPSA) is 68.3 Å². The number of fused-ring (bicyclic) bond motifs is 1. The third-order valence-electron chi connectivity index (χ3n) is 4.12. The van der Waals surface area contributed by atoms with Crippen molar-refractivity contribution in [2.75, 3.05) is 6.26 Å². The Morgan fingerprint density at radius 1 is 1.12 bits per heavy atom. The Balaban J connectivity index is 1.65. The number of carbonyl (C=O) groups excluding carboxylic acids is 1. The van der Waals surface area contributed by atoms with Crippen LogP contribution in [0.3, 0.4) is 0 Å². The highest BCUT2D eigenvalue weighted by Gasteiger charge is 2.31. The zero-order valence-corrected chi connectivity index (χ0v) is 14.6. The van der Waals surface area contributed by atoms with Crippen molar-refractivity contribution in [1.82, 2.24) is 10.1 Å². The number of aromatic nitrogens is 2. The highest BCUT2D eigenvalue weighted by Crippen LogP contribution is 2.31. The van der Waals surface area contributed by atoms with Crippen molar-refractivity contribution in [2.24, 2.45) is 4.99 Å². The molecule has 0 saturated heterocycles. The zero-order chi connectivity index (χ0) is 17.4. The quantitative estimate of drug-likeness (QED) is 0.654. The minimum Gasteiger partial charge on any atom is -0.338 e. The molecule has 1 atom stereocenters. The number of carbonyl (C=O) groups is 1. The Hall–Kier alpha value is -2.73. The van der Waals surface area contributed by atoms with E-state index in [0.29, 0.717) is 17.1 Å². The number of ketones is 1. The molecule has 1 aliphatic heterocycles. The molecule has 0 fully saturated rings. The molecule has 3 aromatic rings. The Morgan fingerprint density at radius 3 is 2.68 bits per heavy atom. The van der Waals surface area contributed by atoms with Crippen molar-refractivity contribution in [1.29, 1.82) is 0 Å². The minimum absolute atomic E-state index is 0.0679.